The van der Waals surface area contributed by atoms with Crippen molar-refractivity contribution in [2.75, 3.05) is 40.5 Å². The number of nitrogens with zero attached hydrogens (tertiary/aromatic N) is 2. The van der Waals surface area contributed by atoms with Gasteiger partial charge in [-0.2, -0.15) is 0 Å². The molecule has 1 N–H and O–H groups in total. The highest BCUT2D eigenvalue weighted by Crippen LogP contribution is 2.16. The van der Waals surface area contributed by atoms with Gasteiger partial charge < -0.3 is 15.1 Å². The number of urea groups is 1. The maximum Gasteiger partial charge on any atom is 0.317 e. The molecule has 0 spiro atoms. The lowest BCUT2D eigenvalue weighted by Gasteiger charge is -2.21. The fraction of sp³-hybridized carbons (Fsp3) is 0.562. The highest BCUT2D eigenvalue weighted by atomic mass is 32.2. The van der Waals surface area contributed by atoms with Crippen LogP contribution in [0.4, 0.5) is 4.79 Å². The summed E-state index contributed by atoms with van der Waals surface area (Å²) < 4.78 is 0. The largest absolute Gasteiger partial charge is 0.338 e. The lowest BCUT2D eigenvalue weighted by Crippen LogP contribution is -2.40. The quantitative estimate of drug-likeness (QED) is 0.787. The molecule has 4 nitrogen and oxygen atoms in total. The molecule has 21 heavy (non-hydrogen) atoms. The SMILES string of the molecule is CSc1cccc(CN(C)C(=O)NC[C@@H](C)CN(C)C)c1. The first-order chi connectivity index (χ1) is 9.92. The molecular formula is C16H27N3OS. The number of benzene rings is 1. The number of carbonyl (C=O) groups is 1. The molecule has 0 bridgehead atoms. The molecule has 0 radical (unpaired) electrons. The molecule has 0 heterocycles. The molecule has 0 saturated carbocycles. The smallest absolute Gasteiger partial charge is 0.317 e. The van der Waals surface area contributed by atoms with Crippen LogP contribution in [0.25, 0.3) is 0 Å². The summed E-state index contributed by atoms with van der Waals surface area (Å²) >= 11 is 1.71. The maximum atomic E-state index is 12.1. The maximum absolute atomic E-state index is 12.1. The average Bonchev–Trinajstić information content (AvgIpc) is 2.44. The van der Waals surface area contributed by atoms with E-state index in [-0.39, 0.29) is 6.03 Å². The number of carbonyl (C=O) groups excluding carboxylic acids is 1. The molecule has 0 aliphatic rings. The molecule has 1 rings (SSSR count). The van der Waals surface area contributed by atoms with Gasteiger partial charge in [-0.05, 0) is 44.0 Å². The van der Waals surface area contributed by atoms with E-state index in [0.717, 1.165) is 12.1 Å². The van der Waals surface area contributed by atoms with Gasteiger partial charge in [0.2, 0.25) is 0 Å². The molecule has 0 saturated heterocycles. The normalized spacial score (nSPS) is 12.3. The van der Waals surface area contributed by atoms with Gasteiger partial charge in [0.1, 0.15) is 0 Å². The van der Waals surface area contributed by atoms with Crippen LogP contribution in [0, 0.1) is 5.92 Å². The summed E-state index contributed by atoms with van der Waals surface area (Å²) in [6.45, 7) is 4.44. The summed E-state index contributed by atoms with van der Waals surface area (Å²) in [7, 11) is 5.92. The van der Waals surface area contributed by atoms with Gasteiger partial charge in [0, 0.05) is 31.6 Å². The number of hydrogen-bond acceptors (Lipinski definition) is 3. The van der Waals surface area contributed by atoms with Gasteiger partial charge in [-0.25, -0.2) is 4.79 Å². The van der Waals surface area contributed by atoms with Crippen LogP contribution in [0.3, 0.4) is 0 Å². The van der Waals surface area contributed by atoms with Crippen LogP contribution in [0.15, 0.2) is 29.2 Å². The van der Waals surface area contributed by atoms with E-state index in [9.17, 15) is 4.79 Å². The van der Waals surface area contributed by atoms with Crippen molar-refractivity contribution in [2.45, 2.75) is 18.4 Å². The first kappa shape index (κ1) is 17.9. The first-order valence-corrected chi connectivity index (χ1v) is 8.41. The van der Waals surface area contributed by atoms with E-state index in [4.69, 9.17) is 0 Å². The second-order valence-corrected chi connectivity index (χ2v) is 6.64. The molecule has 1 aromatic rings. The summed E-state index contributed by atoms with van der Waals surface area (Å²) in [5.74, 6) is 0.442. The van der Waals surface area contributed by atoms with Crippen molar-refractivity contribution < 1.29 is 4.79 Å². The highest BCUT2D eigenvalue weighted by molar-refractivity contribution is 7.98. The van der Waals surface area contributed by atoms with Crippen molar-refractivity contribution in [2.24, 2.45) is 5.92 Å². The van der Waals surface area contributed by atoms with Gasteiger partial charge in [0.15, 0.2) is 0 Å². The van der Waals surface area contributed by atoms with Crippen molar-refractivity contribution in [3.8, 4) is 0 Å². The lowest BCUT2D eigenvalue weighted by atomic mass is 10.2. The zero-order valence-corrected chi connectivity index (χ0v) is 14.5. The fourth-order valence-electron chi connectivity index (χ4n) is 2.20. The Bertz CT molecular complexity index is 451. The molecule has 0 aliphatic heterocycles. The number of amides is 2. The van der Waals surface area contributed by atoms with Crippen LogP contribution in [0.2, 0.25) is 0 Å². The Hall–Kier alpha value is -1.20. The predicted molar refractivity (Wildman–Crippen MR) is 90.8 cm³/mol. The third-order valence-corrected chi connectivity index (χ3v) is 3.90. The van der Waals surface area contributed by atoms with Gasteiger partial charge in [-0.1, -0.05) is 19.1 Å². The zero-order valence-electron chi connectivity index (χ0n) is 13.7. The van der Waals surface area contributed by atoms with Crippen LogP contribution in [0.1, 0.15) is 12.5 Å². The van der Waals surface area contributed by atoms with E-state index in [2.05, 4.69) is 41.6 Å². The Labute approximate surface area is 132 Å². The number of thioether (sulfide) groups is 1. The van der Waals surface area contributed by atoms with Crippen molar-refractivity contribution >= 4 is 17.8 Å². The first-order valence-electron chi connectivity index (χ1n) is 7.19. The molecule has 1 atom stereocenters. The van der Waals surface area contributed by atoms with Crippen molar-refractivity contribution in [3.05, 3.63) is 29.8 Å². The Balaban J connectivity index is 2.43. The Morgan fingerprint density at radius 1 is 1.33 bits per heavy atom. The molecular weight excluding hydrogens is 282 g/mol. The molecule has 0 unspecified atom stereocenters. The van der Waals surface area contributed by atoms with E-state index in [0.29, 0.717) is 19.0 Å². The second kappa shape index (κ2) is 8.95. The second-order valence-electron chi connectivity index (χ2n) is 5.76. The third-order valence-electron chi connectivity index (χ3n) is 3.18. The van der Waals surface area contributed by atoms with E-state index >= 15 is 0 Å². The minimum atomic E-state index is -0.0184. The van der Waals surface area contributed by atoms with Gasteiger partial charge in [0.05, 0.1) is 0 Å². The summed E-state index contributed by atoms with van der Waals surface area (Å²) in [6.07, 6.45) is 2.06. The van der Waals surface area contributed by atoms with E-state index in [1.807, 2.05) is 27.2 Å². The summed E-state index contributed by atoms with van der Waals surface area (Å²) in [5, 5.41) is 2.99. The minimum absolute atomic E-state index is 0.0184. The van der Waals surface area contributed by atoms with Crippen molar-refractivity contribution in [1.29, 1.82) is 0 Å². The summed E-state index contributed by atoms with van der Waals surface area (Å²) in [4.78, 5) is 17.2. The van der Waals surface area contributed by atoms with Gasteiger partial charge in [0.25, 0.3) is 0 Å². The van der Waals surface area contributed by atoms with E-state index < -0.39 is 0 Å². The Morgan fingerprint density at radius 3 is 2.67 bits per heavy atom. The van der Waals surface area contributed by atoms with Crippen molar-refractivity contribution in [1.82, 2.24) is 15.1 Å². The van der Waals surface area contributed by atoms with Crippen LogP contribution < -0.4 is 5.32 Å². The topological polar surface area (TPSA) is 35.6 Å². The van der Waals surface area contributed by atoms with Crippen LogP contribution in [0.5, 0.6) is 0 Å². The summed E-state index contributed by atoms with van der Waals surface area (Å²) in [5.41, 5.74) is 1.15. The number of rotatable bonds is 7. The van der Waals surface area contributed by atoms with Gasteiger partial charge in [-0.3, -0.25) is 0 Å². The van der Waals surface area contributed by atoms with Gasteiger partial charge >= 0.3 is 6.03 Å². The van der Waals surface area contributed by atoms with Crippen LogP contribution in [-0.2, 0) is 6.54 Å². The third kappa shape index (κ3) is 6.87. The predicted octanol–water partition coefficient (Wildman–Crippen LogP) is 2.75. The molecule has 2 amide bonds. The lowest BCUT2D eigenvalue weighted by molar-refractivity contribution is 0.203. The van der Waals surface area contributed by atoms with Crippen molar-refractivity contribution in [3.63, 3.8) is 0 Å². The monoisotopic (exact) mass is 309 g/mol. The molecule has 118 valence electrons. The number of hydrogen-bond donors (Lipinski definition) is 1. The zero-order chi connectivity index (χ0) is 15.8. The average molecular weight is 309 g/mol. The van der Waals surface area contributed by atoms with Gasteiger partial charge in [-0.15, -0.1) is 11.8 Å². The van der Waals surface area contributed by atoms with E-state index in [1.165, 1.54) is 4.90 Å². The van der Waals surface area contributed by atoms with Crippen LogP contribution in [-0.4, -0.2) is 56.3 Å². The fourth-order valence-corrected chi connectivity index (χ4v) is 2.68. The minimum Gasteiger partial charge on any atom is -0.338 e. The summed E-state index contributed by atoms with van der Waals surface area (Å²) in [6, 6.07) is 8.28. The van der Waals surface area contributed by atoms with Crippen LogP contribution >= 0.6 is 11.8 Å². The Kier molecular flexibility index (Phi) is 7.61. The molecule has 0 aromatic heterocycles. The highest BCUT2D eigenvalue weighted by Gasteiger charge is 2.11. The standard InChI is InChI=1S/C16H27N3OS/c1-13(11-18(2)3)10-17-16(20)19(4)12-14-7-6-8-15(9-14)21-5/h6-9,13H,10-12H2,1-5H3,(H,17,20)/t13-/m1/s1. The van der Waals surface area contributed by atoms with E-state index in [1.54, 1.807) is 16.7 Å². The number of nitrogens with one attached hydrogen (secondary N) is 1. The molecule has 1 aromatic carbocycles. The molecule has 0 fully saturated rings. The molecule has 5 heteroatoms. The Morgan fingerprint density at radius 2 is 2.05 bits per heavy atom. The molecule has 0 aliphatic carbocycles.